The molecule has 8 rings (SSSR count). The minimum absolute atomic E-state index is 0.623. The fourth-order valence-corrected chi connectivity index (χ4v) is 11.9. The summed E-state index contributed by atoms with van der Waals surface area (Å²) in [5.41, 5.74) is 6.01. The molecule has 0 aliphatic heterocycles. The first kappa shape index (κ1) is 27.6. The van der Waals surface area contributed by atoms with Gasteiger partial charge in [-0.1, -0.05) is 152 Å². The molecule has 46 heavy (non-hydrogen) atoms. The Hall–Kier alpha value is -5.95. The summed E-state index contributed by atoms with van der Waals surface area (Å²) in [6.45, 7) is 8.05. The molecule has 7 aromatic carbocycles. The smallest absolute Gasteiger partial charge is 0.189 e. The standard InChI is InChI=1S/C43H30N2Si/c1-44-34-28-33(29-35(31-34)45-42-26-13-11-24-40(42)41-25-12-14-27-43(41)45)32-16-15-23-39(30-32)46(36-17-5-2-6-18-36,37-19-7-3-8-20-37)38-21-9-4-10-22-38/h2-31H. The van der Waals surface area contributed by atoms with Crippen molar-refractivity contribution in [3.05, 3.63) is 193 Å². The fourth-order valence-electron chi connectivity index (χ4n) is 7.15. The molecule has 1 aromatic heterocycles. The third-order valence-electron chi connectivity index (χ3n) is 9.12. The van der Waals surface area contributed by atoms with E-state index in [0.717, 1.165) is 27.8 Å². The molecule has 0 atom stereocenters. The van der Waals surface area contributed by atoms with Gasteiger partial charge in [0.15, 0.2) is 13.8 Å². The van der Waals surface area contributed by atoms with Crippen LogP contribution in [0.1, 0.15) is 0 Å². The van der Waals surface area contributed by atoms with E-state index in [0.29, 0.717) is 5.69 Å². The van der Waals surface area contributed by atoms with E-state index in [1.54, 1.807) is 0 Å². The van der Waals surface area contributed by atoms with Crippen LogP contribution in [0.2, 0.25) is 0 Å². The van der Waals surface area contributed by atoms with Crippen LogP contribution in [0.25, 0.3) is 43.5 Å². The average Bonchev–Trinajstić information content (AvgIpc) is 3.48. The Morgan fingerprint density at radius 3 is 1.41 bits per heavy atom. The Morgan fingerprint density at radius 1 is 0.413 bits per heavy atom. The van der Waals surface area contributed by atoms with Crippen LogP contribution >= 0.6 is 0 Å². The molecular formula is C43H30N2Si. The van der Waals surface area contributed by atoms with E-state index >= 15 is 0 Å². The summed E-state index contributed by atoms with van der Waals surface area (Å²) < 4.78 is 2.30. The van der Waals surface area contributed by atoms with Crippen molar-refractivity contribution >= 4 is 56.3 Å². The molecule has 216 valence electrons. The maximum absolute atomic E-state index is 8.05. The summed E-state index contributed by atoms with van der Waals surface area (Å²) >= 11 is 0. The van der Waals surface area contributed by atoms with Gasteiger partial charge in [0, 0.05) is 16.5 Å². The molecule has 0 N–H and O–H groups in total. The van der Waals surface area contributed by atoms with E-state index in [4.69, 9.17) is 6.57 Å². The van der Waals surface area contributed by atoms with Gasteiger partial charge in [-0.05, 0) is 62.2 Å². The predicted octanol–water partition coefficient (Wildman–Crippen LogP) is 8.38. The van der Waals surface area contributed by atoms with Crippen LogP contribution in [0.3, 0.4) is 0 Å². The highest BCUT2D eigenvalue weighted by molar-refractivity contribution is 7.19. The van der Waals surface area contributed by atoms with Gasteiger partial charge in [0.1, 0.15) is 0 Å². The van der Waals surface area contributed by atoms with Gasteiger partial charge in [0.2, 0.25) is 0 Å². The molecule has 3 heteroatoms. The van der Waals surface area contributed by atoms with Gasteiger partial charge in [-0.15, -0.1) is 0 Å². The maximum Gasteiger partial charge on any atom is 0.189 e. The van der Waals surface area contributed by atoms with Crippen LogP contribution in [0.15, 0.2) is 182 Å². The number of aromatic nitrogens is 1. The number of fused-ring (bicyclic) bond motifs is 3. The summed E-state index contributed by atoms with van der Waals surface area (Å²) in [4.78, 5) is 3.95. The third-order valence-corrected chi connectivity index (χ3v) is 13.9. The third kappa shape index (κ3) is 4.47. The minimum atomic E-state index is -2.69. The molecule has 8 aromatic rings. The van der Waals surface area contributed by atoms with Crippen LogP contribution in [0.5, 0.6) is 0 Å². The van der Waals surface area contributed by atoms with Crippen molar-refractivity contribution in [1.82, 2.24) is 4.57 Å². The van der Waals surface area contributed by atoms with Crippen LogP contribution in [-0.2, 0) is 0 Å². The second-order valence-corrected chi connectivity index (χ2v) is 15.5. The van der Waals surface area contributed by atoms with Crippen molar-refractivity contribution in [3.63, 3.8) is 0 Å². The molecular weight excluding hydrogens is 573 g/mol. The number of para-hydroxylation sites is 2. The number of rotatable bonds is 6. The lowest BCUT2D eigenvalue weighted by atomic mass is 10.0. The molecule has 0 fully saturated rings. The highest BCUT2D eigenvalue weighted by atomic mass is 28.3. The Labute approximate surface area is 270 Å². The molecule has 2 nitrogen and oxygen atoms in total. The average molecular weight is 603 g/mol. The molecule has 0 saturated heterocycles. The zero-order valence-electron chi connectivity index (χ0n) is 25.2. The summed E-state index contributed by atoms with van der Waals surface area (Å²) in [6.07, 6.45) is 0. The van der Waals surface area contributed by atoms with Gasteiger partial charge < -0.3 is 4.57 Å². The van der Waals surface area contributed by atoms with Crippen molar-refractivity contribution in [2.75, 3.05) is 0 Å². The van der Waals surface area contributed by atoms with E-state index in [9.17, 15) is 0 Å². The lowest BCUT2D eigenvalue weighted by molar-refractivity contribution is 1.18. The molecule has 1 heterocycles. The van der Waals surface area contributed by atoms with Gasteiger partial charge in [-0.3, -0.25) is 0 Å². The fraction of sp³-hybridized carbons (Fsp3) is 0. The SMILES string of the molecule is [C-]#[N+]c1cc(-c2cccc([Si](c3ccccc3)(c3ccccc3)c3ccccc3)c2)cc(-n2c3ccccc3c3ccccc32)c1. The summed E-state index contributed by atoms with van der Waals surface area (Å²) in [7, 11) is -2.69. The Kier molecular flexibility index (Phi) is 6.91. The first-order chi connectivity index (χ1) is 22.8. The van der Waals surface area contributed by atoms with Gasteiger partial charge in [-0.2, -0.15) is 0 Å². The monoisotopic (exact) mass is 602 g/mol. The molecule has 0 radical (unpaired) electrons. The highest BCUT2D eigenvalue weighted by Gasteiger charge is 2.41. The lowest BCUT2D eigenvalue weighted by Gasteiger charge is -2.34. The molecule has 0 spiro atoms. The quantitative estimate of drug-likeness (QED) is 0.103. The number of hydrogen-bond donors (Lipinski definition) is 0. The van der Waals surface area contributed by atoms with Crippen molar-refractivity contribution in [2.45, 2.75) is 0 Å². The Balaban J connectivity index is 1.38. The van der Waals surface area contributed by atoms with Crippen molar-refractivity contribution in [1.29, 1.82) is 0 Å². The minimum Gasteiger partial charge on any atom is -0.310 e. The van der Waals surface area contributed by atoms with Crippen LogP contribution in [-0.4, -0.2) is 12.6 Å². The van der Waals surface area contributed by atoms with Crippen molar-refractivity contribution in [2.24, 2.45) is 0 Å². The maximum atomic E-state index is 8.05. The van der Waals surface area contributed by atoms with Gasteiger partial charge in [-0.25, -0.2) is 4.85 Å². The van der Waals surface area contributed by atoms with Gasteiger partial charge in [0.05, 0.1) is 17.6 Å². The van der Waals surface area contributed by atoms with Crippen molar-refractivity contribution in [3.8, 4) is 16.8 Å². The van der Waals surface area contributed by atoms with E-state index in [1.807, 2.05) is 12.1 Å². The summed E-state index contributed by atoms with van der Waals surface area (Å²) in [5.74, 6) is 0. The van der Waals surface area contributed by atoms with Crippen molar-refractivity contribution < 1.29 is 0 Å². The van der Waals surface area contributed by atoms with Crippen LogP contribution < -0.4 is 20.7 Å². The zero-order chi connectivity index (χ0) is 30.9. The Bertz CT molecular complexity index is 2220. The summed E-state index contributed by atoms with van der Waals surface area (Å²) in [6, 6.07) is 65.3. The summed E-state index contributed by atoms with van der Waals surface area (Å²) in [5, 5.41) is 7.74. The number of nitrogens with zero attached hydrogens (tertiary/aromatic N) is 2. The first-order valence-electron chi connectivity index (χ1n) is 15.6. The second-order valence-electron chi connectivity index (χ2n) is 11.6. The van der Waals surface area contributed by atoms with E-state index in [1.165, 1.54) is 31.5 Å². The van der Waals surface area contributed by atoms with Gasteiger partial charge in [0.25, 0.3) is 0 Å². The van der Waals surface area contributed by atoms with E-state index < -0.39 is 8.07 Å². The predicted molar refractivity (Wildman–Crippen MR) is 196 cm³/mol. The van der Waals surface area contributed by atoms with Crippen LogP contribution in [0, 0.1) is 6.57 Å². The van der Waals surface area contributed by atoms with Gasteiger partial charge >= 0.3 is 0 Å². The largest absolute Gasteiger partial charge is 0.310 e. The highest BCUT2D eigenvalue weighted by Crippen LogP contribution is 2.35. The molecule has 0 aliphatic carbocycles. The second kappa shape index (κ2) is 11.5. The normalized spacial score (nSPS) is 11.5. The molecule has 0 saturated carbocycles. The first-order valence-corrected chi connectivity index (χ1v) is 17.6. The molecule has 0 amide bonds. The molecule has 0 bridgehead atoms. The van der Waals surface area contributed by atoms with E-state index in [-0.39, 0.29) is 0 Å². The number of benzene rings is 7. The Morgan fingerprint density at radius 2 is 0.891 bits per heavy atom. The molecule has 0 unspecified atom stereocenters. The van der Waals surface area contributed by atoms with Crippen LogP contribution in [0.4, 0.5) is 5.69 Å². The molecule has 0 aliphatic rings. The lowest BCUT2D eigenvalue weighted by Crippen LogP contribution is -2.74. The van der Waals surface area contributed by atoms with E-state index in [2.05, 4.69) is 179 Å². The zero-order valence-corrected chi connectivity index (χ0v) is 26.2. The topological polar surface area (TPSA) is 9.29 Å². The number of hydrogen-bond acceptors (Lipinski definition) is 0.